The van der Waals surface area contributed by atoms with Crippen molar-refractivity contribution in [2.24, 2.45) is 0 Å². The van der Waals surface area contributed by atoms with Gasteiger partial charge >= 0.3 is 0 Å². The second-order valence-electron chi connectivity index (χ2n) is 7.79. The minimum absolute atomic E-state index is 0.0514. The van der Waals surface area contributed by atoms with Gasteiger partial charge in [0.15, 0.2) is 0 Å². The monoisotopic (exact) mass is 410 g/mol. The van der Waals surface area contributed by atoms with Crippen LogP contribution < -0.4 is 4.90 Å². The molecule has 0 atom stereocenters. The van der Waals surface area contributed by atoms with Crippen LogP contribution in [0.2, 0.25) is 0 Å². The largest absolute Gasteiger partial charge is 0.462 e. The molecule has 0 N–H and O–H groups in total. The van der Waals surface area contributed by atoms with Gasteiger partial charge in [0.05, 0.1) is 18.8 Å². The summed E-state index contributed by atoms with van der Waals surface area (Å²) in [7, 11) is 0. The van der Waals surface area contributed by atoms with Crippen LogP contribution in [-0.4, -0.2) is 56.9 Å². The molecule has 2 aliphatic rings. The maximum absolute atomic E-state index is 14.8. The van der Waals surface area contributed by atoms with E-state index < -0.39 is 0 Å². The minimum atomic E-state index is -0.304. The molecule has 0 amide bonds. The molecule has 3 heterocycles. The Morgan fingerprint density at radius 2 is 1.93 bits per heavy atom. The number of benzene rings is 2. The quantitative estimate of drug-likeness (QED) is 0.581. The third kappa shape index (κ3) is 3.78. The second-order valence-corrected chi connectivity index (χ2v) is 7.79. The lowest BCUT2D eigenvalue weighted by atomic mass is 10.1. The normalized spacial score (nSPS) is 17.8. The Hall–Kier alpha value is -2.90. The van der Waals surface area contributed by atoms with E-state index in [-0.39, 0.29) is 11.9 Å². The number of hydrogen-bond donors (Lipinski definition) is 0. The zero-order valence-electron chi connectivity index (χ0n) is 16.6. The summed E-state index contributed by atoms with van der Waals surface area (Å²) in [6, 6.07) is 13.2. The van der Waals surface area contributed by atoms with Gasteiger partial charge in [-0.3, -0.25) is 9.69 Å². The van der Waals surface area contributed by atoms with E-state index >= 15 is 0 Å². The SMILES string of the molecule is O=COC1CN(Cc2ccc(-c3cc4cc(N5CCOCC5)ccc4o3)c(F)c2)C1. The molecule has 2 fully saturated rings. The molecule has 0 aliphatic carbocycles. The maximum atomic E-state index is 14.8. The van der Waals surface area contributed by atoms with Gasteiger partial charge in [0.25, 0.3) is 6.47 Å². The van der Waals surface area contributed by atoms with Gasteiger partial charge in [0.1, 0.15) is 23.3 Å². The van der Waals surface area contributed by atoms with E-state index in [1.165, 1.54) is 0 Å². The van der Waals surface area contributed by atoms with Crippen LogP contribution in [0.5, 0.6) is 0 Å². The first-order valence-corrected chi connectivity index (χ1v) is 10.2. The molecule has 3 aromatic rings. The number of furan rings is 1. The van der Waals surface area contributed by atoms with Gasteiger partial charge in [0.2, 0.25) is 0 Å². The highest BCUT2D eigenvalue weighted by Gasteiger charge is 2.28. The number of ether oxygens (including phenoxy) is 2. The summed E-state index contributed by atoms with van der Waals surface area (Å²) in [5, 5.41) is 0.958. The molecular formula is C23H23FN2O4. The summed E-state index contributed by atoms with van der Waals surface area (Å²) in [6.45, 7) is 5.65. The van der Waals surface area contributed by atoms with E-state index in [0.29, 0.717) is 37.4 Å². The van der Waals surface area contributed by atoms with Crippen LogP contribution in [0.25, 0.3) is 22.3 Å². The number of halogens is 1. The Kier molecular flexibility index (Phi) is 5.14. The van der Waals surface area contributed by atoms with Crippen LogP contribution >= 0.6 is 0 Å². The van der Waals surface area contributed by atoms with Crippen molar-refractivity contribution in [2.75, 3.05) is 44.3 Å². The molecule has 0 bridgehead atoms. The Morgan fingerprint density at radius 1 is 1.10 bits per heavy atom. The van der Waals surface area contributed by atoms with Crippen LogP contribution in [0.1, 0.15) is 5.56 Å². The highest BCUT2D eigenvalue weighted by molar-refractivity contribution is 5.86. The van der Waals surface area contributed by atoms with Crippen molar-refractivity contribution < 1.29 is 23.1 Å². The van der Waals surface area contributed by atoms with Gasteiger partial charge in [-0.1, -0.05) is 6.07 Å². The Labute approximate surface area is 173 Å². The number of rotatable bonds is 6. The van der Waals surface area contributed by atoms with Crippen molar-refractivity contribution in [3.63, 3.8) is 0 Å². The van der Waals surface area contributed by atoms with Crippen molar-refractivity contribution in [1.29, 1.82) is 0 Å². The van der Waals surface area contributed by atoms with E-state index in [4.69, 9.17) is 13.9 Å². The molecule has 6 nitrogen and oxygen atoms in total. The van der Waals surface area contributed by atoms with Crippen molar-refractivity contribution in [2.45, 2.75) is 12.6 Å². The van der Waals surface area contributed by atoms with Crippen LogP contribution in [0, 0.1) is 5.82 Å². The first-order chi connectivity index (χ1) is 14.7. The van der Waals surface area contributed by atoms with Gasteiger partial charge in [-0.2, -0.15) is 0 Å². The molecule has 1 aromatic heterocycles. The lowest BCUT2D eigenvalue weighted by molar-refractivity contribution is -0.142. The highest BCUT2D eigenvalue weighted by Crippen LogP contribution is 2.32. The summed E-state index contributed by atoms with van der Waals surface area (Å²) in [4.78, 5) is 14.7. The van der Waals surface area contributed by atoms with E-state index in [2.05, 4.69) is 15.9 Å². The van der Waals surface area contributed by atoms with Crippen LogP contribution in [0.15, 0.2) is 46.9 Å². The smallest absolute Gasteiger partial charge is 0.293 e. The van der Waals surface area contributed by atoms with Crippen LogP contribution in [0.3, 0.4) is 0 Å². The summed E-state index contributed by atoms with van der Waals surface area (Å²) < 4.78 is 31.1. The number of carbonyl (C=O) groups excluding carboxylic acids is 1. The van der Waals surface area contributed by atoms with Gasteiger partial charge in [-0.05, 0) is 42.0 Å². The number of morpholine rings is 1. The average Bonchev–Trinajstić information content (AvgIpc) is 3.16. The molecular weight excluding hydrogens is 387 g/mol. The zero-order chi connectivity index (χ0) is 20.5. The molecule has 2 saturated heterocycles. The minimum Gasteiger partial charge on any atom is -0.462 e. The summed E-state index contributed by atoms with van der Waals surface area (Å²) in [5.74, 6) is 0.220. The van der Waals surface area contributed by atoms with Crippen LogP contribution in [0.4, 0.5) is 10.1 Å². The molecule has 5 rings (SSSR count). The lowest BCUT2D eigenvalue weighted by Crippen LogP contribution is -2.51. The van der Waals surface area contributed by atoms with E-state index in [1.807, 2.05) is 24.3 Å². The fourth-order valence-electron chi connectivity index (χ4n) is 4.11. The Bertz CT molecular complexity index is 1050. The van der Waals surface area contributed by atoms with Crippen molar-refractivity contribution in [3.05, 3.63) is 53.8 Å². The predicted molar refractivity (Wildman–Crippen MR) is 111 cm³/mol. The number of hydrogen-bond acceptors (Lipinski definition) is 6. The first kappa shape index (κ1) is 19.1. The van der Waals surface area contributed by atoms with Crippen molar-refractivity contribution in [3.8, 4) is 11.3 Å². The van der Waals surface area contributed by atoms with Crippen molar-refractivity contribution >= 4 is 23.1 Å². The molecule has 7 heteroatoms. The van der Waals surface area contributed by atoms with E-state index in [9.17, 15) is 9.18 Å². The van der Waals surface area contributed by atoms with E-state index in [0.717, 1.165) is 48.5 Å². The van der Waals surface area contributed by atoms with Gasteiger partial charge in [-0.25, -0.2) is 4.39 Å². The number of carbonyl (C=O) groups is 1. The molecule has 0 saturated carbocycles. The molecule has 0 spiro atoms. The second kappa shape index (κ2) is 8.08. The number of anilines is 1. The molecule has 0 radical (unpaired) electrons. The molecule has 2 aliphatic heterocycles. The van der Waals surface area contributed by atoms with Gasteiger partial charge in [0, 0.05) is 43.8 Å². The summed E-state index contributed by atoms with van der Waals surface area (Å²) in [5.41, 5.74) is 3.20. The fourth-order valence-corrected chi connectivity index (χ4v) is 4.11. The topological polar surface area (TPSA) is 55.2 Å². The molecule has 30 heavy (non-hydrogen) atoms. The average molecular weight is 410 g/mol. The Morgan fingerprint density at radius 3 is 2.70 bits per heavy atom. The van der Waals surface area contributed by atoms with Gasteiger partial charge in [-0.15, -0.1) is 0 Å². The standard InChI is InChI=1S/C23H23FN2O4/c24-21-9-16(12-25-13-19(14-25)29-15-27)1-3-20(21)23-11-17-10-18(2-4-22(17)30-23)26-5-7-28-8-6-26/h1-4,9-11,15,19H,5-8,12-14H2. The number of nitrogens with zero attached hydrogens (tertiary/aromatic N) is 2. The predicted octanol–water partition coefficient (Wildman–Crippen LogP) is 3.43. The fraction of sp³-hybridized carbons (Fsp3) is 0.348. The molecule has 156 valence electrons. The third-order valence-electron chi connectivity index (χ3n) is 5.75. The zero-order valence-corrected chi connectivity index (χ0v) is 16.6. The van der Waals surface area contributed by atoms with Crippen LogP contribution in [-0.2, 0) is 20.8 Å². The molecule has 2 aromatic carbocycles. The summed E-state index contributed by atoms with van der Waals surface area (Å²) >= 11 is 0. The first-order valence-electron chi connectivity index (χ1n) is 10.2. The maximum Gasteiger partial charge on any atom is 0.293 e. The highest BCUT2D eigenvalue weighted by atomic mass is 19.1. The van der Waals surface area contributed by atoms with Crippen molar-refractivity contribution in [1.82, 2.24) is 4.90 Å². The summed E-state index contributed by atoms with van der Waals surface area (Å²) in [6.07, 6.45) is -0.0514. The lowest BCUT2D eigenvalue weighted by Gasteiger charge is -2.37. The third-order valence-corrected chi connectivity index (χ3v) is 5.75. The van der Waals surface area contributed by atoms with Gasteiger partial charge < -0.3 is 18.8 Å². The molecule has 0 unspecified atom stereocenters. The van der Waals surface area contributed by atoms with E-state index in [1.54, 1.807) is 12.1 Å². The Balaban J connectivity index is 1.32. The number of likely N-dealkylation sites (tertiary alicyclic amines) is 1. The number of fused-ring (bicyclic) bond motifs is 1.